The number of amides is 1. The first-order valence-corrected chi connectivity index (χ1v) is 10.7. The molecule has 0 spiro atoms. The molecule has 0 bridgehead atoms. The van der Waals surface area contributed by atoms with Gasteiger partial charge < -0.3 is 5.32 Å². The van der Waals surface area contributed by atoms with Gasteiger partial charge in [0.1, 0.15) is 11.5 Å². The van der Waals surface area contributed by atoms with Crippen LogP contribution in [0.5, 0.6) is 0 Å². The Labute approximate surface area is 205 Å². The molecule has 0 aliphatic rings. The zero-order valence-electron chi connectivity index (χ0n) is 18.3. The Balaban J connectivity index is 1.57. The number of hydrogen-bond donors (Lipinski definition) is 1. The zero-order valence-corrected chi connectivity index (χ0v) is 19.0. The van der Waals surface area contributed by atoms with Gasteiger partial charge in [0.05, 0.1) is 41.1 Å². The molecule has 0 saturated heterocycles. The van der Waals surface area contributed by atoms with Crippen molar-refractivity contribution in [3.8, 4) is 11.4 Å². The predicted octanol–water partition coefficient (Wildman–Crippen LogP) is 5.37. The zero-order chi connectivity index (χ0) is 25.6. The van der Waals surface area contributed by atoms with Crippen LogP contribution in [0.2, 0.25) is 5.02 Å². The van der Waals surface area contributed by atoms with Crippen LogP contribution in [0.15, 0.2) is 61.3 Å². The lowest BCUT2D eigenvalue weighted by atomic mass is 10.1. The van der Waals surface area contributed by atoms with Gasteiger partial charge in [-0.3, -0.25) is 9.78 Å². The van der Waals surface area contributed by atoms with E-state index in [0.717, 1.165) is 12.4 Å². The molecule has 0 radical (unpaired) electrons. The van der Waals surface area contributed by atoms with Crippen molar-refractivity contribution in [1.82, 2.24) is 29.8 Å². The van der Waals surface area contributed by atoms with Crippen LogP contribution in [-0.4, -0.2) is 35.7 Å². The third-order valence-electron chi connectivity index (χ3n) is 5.42. The molecule has 0 fully saturated rings. The Morgan fingerprint density at radius 2 is 1.75 bits per heavy atom. The van der Waals surface area contributed by atoms with Gasteiger partial charge in [-0.1, -0.05) is 23.7 Å². The highest BCUT2D eigenvalue weighted by atomic mass is 35.5. The first kappa shape index (κ1) is 23.4. The maximum Gasteiger partial charge on any atom is 0.434 e. The Kier molecular flexibility index (Phi) is 5.67. The molecule has 2 aromatic carbocycles. The normalized spacial score (nSPS) is 11.7. The molecule has 0 atom stereocenters. The summed E-state index contributed by atoms with van der Waals surface area (Å²) < 4.78 is 57.3. The molecule has 0 unspecified atom stereocenters. The van der Waals surface area contributed by atoms with Gasteiger partial charge in [0.25, 0.3) is 5.91 Å². The average Bonchev–Trinajstić information content (AvgIpc) is 3.51. The highest BCUT2D eigenvalue weighted by molar-refractivity contribution is 6.32. The standard InChI is InChI=1S/C23H14ClF4N7O/c1-12-7-19(35-30-5-6-31-35)16(24)8-18(12)33-22(36)15-10-32-34(21(15)23(26,27)28)20-11-29-9-14-13(20)3-2-4-17(14)25/h2-11H,1H3,(H,33,36). The monoisotopic (exact) mass is 515 g/mol. The van der Waals surface area contributed by atoms with E-state index in [2.05, 4.69) is 25.6 Å². The molecule has 5 rings (SSSR count). The molecule has 3 heterocycles. The number of carbonyl (C=O) groups is 1. The van der Waals surface area contributed by atoms with Crippen molar-refractivity contribution in [1.29, 1.82) is 0 Å². The molecule has 0 saturated carbocycles. The van der Waals surface area contributed by atoms with Crippen LogP contribution in [0, 0.1) is 12.7 Å². The van der Waals surface area contributed by atoms with Gasteiger partial charge in [-0.05, 0) is 30.7 Å². The molecule has 8 nitrogen and oxygen atoms in total. The number of pyridine rings is 1. The van der Waals surface area contributed by atoms with Gasteiger partial charge in [0.15, 0.2) is 5.69 Å². The van der Waals surface area contributed by atoms with E-state index in [0.29, 0.717) is 15.9 Å². The van der Waals surface area contributed by atoms with Crippen molar-refractivity contribution in [3.05, 3.63) is 89.0 Å². The third-order valence-corrected chi connectivity index (χ3v) is 5.72. The average molecular weight is 516 g/mol. The van der Waals surface area contributed by atoms with E-state index in [1.54, 1.807) is 13.0 Å². The number of hydrogen-bond acceptors (Lipinski definition) is 5. The summed E-state index contributed by atoms with van der Waals surface area (Å²) in [5, 5.41) is 14.6. The number of anilines is 1. The quantitative estimate of drug-likeness (QED) is 0.325. The van der Waals surface area contributed by atoms with Crippen LogP contribution >= 0.6 is 11.6 Å². The maximum absolute atomic E-state index is 14.2. The fraction of sp³-hybridized carbons (Fsp3) is 0.0870. The number of aryl methyl sites for hydroxylation is 1. The van der Waals surface area contributed by atoms with E-state index in [4.69, 9.17) is 11.6 Å². The van der Waals surface area contributed by atoms with Crippen molar-refractivity contribution in [2.24, 2.45) is 0 Å². The molecular weight excluding hydrogens is 502 g/mol. The van der Waals surface area contributed by atoms with E-state index < -0.39 is 29.2 Å². The van der Waals surface area contributed by atoms with Crippen molar-refractivity contribution >= 4 is 34.0 Å². The molecule has 1 amide bonds. The molecule has 1 N–H and O–H groups in total. The van der Waals surface area contributed by atoms with E-state index in [-0.39, 0.29) is 27.2 Å². The minimum absolute atomic E-state index is 0.0154. The number of fused-ring (bicyclic) bond motifs is 1. The highest BCUT2D eigenvalue weighted by Crippen LogP contribution is 2.36. The van der Waals surface area contributed by atoms with Gasteiger partial charge in [-0.25, -0.2) is 9.07 Å². The van der Waals surface area contributed by atoms with E-state index in [1.807, 2.05) is 0 Å². The number of aromatic nitrogens is 6. The number of carbonyl (C=O) groups excluding carboxylic acids is 1. The summed E-state index contributed by atoms with van der Waals surface area (Å²) in [5.41, 5.74) is -1.07. The number of nitrogens with zero attached hydrogens (tertiary/aromatic N) is 6. The molecule has 0 aliphatic carbocycles. The number of alkyl halides is 3. The second kappa shape index (κ2) is 8.72. The van der Waals surface area contributed by atoms with Crippen LogP contribution < -0.4 is 5.32 Å². The second-order valence-electron chi connectivity index (χ2n) is 7.70. The Hall–Kier alpha value is -4.32. The van der Waals surface area contributed by atoms with Crippen molar-refractivity contribution < 1.29 is 22.4 Å². The Morgan fingerprint density at radius 1 is 1.00 bits per heavy atom. The topological polar surface area (TPSA) is 90.5 Å². The molecule has 182 valence electrons. The van der Waals surface area contributed by atoms with Crippen molar-refractivity contribution in [2.45, 2.75) is 13.1 Å². The fourth-order valence-corrected chi connectivity index (χ4v) is 4.01. The first-order chi connectivity index (χ1) is 17.1. The second-order valence-corrected chi connectivity index (χ2v) is 8.11. The molecule has 13 heteroatoms. The molecule has 5 aromatic rings. The van der Waals surface area contributed by atoms with Crippen LogP contribution in [0.1, 0.15) is 21.6 Å². The Bertz CT molecular complexity index is 1610. The van der Waals surface area contributed by atoms with E-state index in [9.17, 15) is 22.4 Å². The summed E-state index contributed by atoms with van der Waals surface area (Å²) in [6.07, 6.45) is 1.07. The molecule has 36 heavy (non-hydrogen) atoms. The smallest absolute Gasteiger partial charge is 0.322 e. The minimum atomic E-state index is -4.97. The molecule has 0 aliphatic heterocycles. The predicted molar refractivity (Wildman–Crippen MR) is 123 cm³/mol. The summed E-state index contributed by atoms with van der Waals surface area (Å²) in [4.78, 5) is 18.1. The largest absolute Gasteiger partial charge is 0.434 e. The Morgan fingerprint density at radius 3 is 2.47 bits per heavy atom. The van der Waals surface area contributed by atoms with Crippen molar-refractivity contribution in [2.75, 3.05) is 5.32 Å². The van der Waals surface area contributed by atoms with Gasteiger partial charge in [0, 0.05) is 22.7 Å². The third kappa shape index (κ3) is 4.05. The van der Waals surface area contributed by atoms with Crippen LogP contribution in [0.3, 0.4) is 0 Å². The maximum atomic E-state index is 14.2. The summed E-state index contributed by atoms with van der Waals surface area (Å²) >= 11 is 6.29. The lowest BCUT2D eigenvalue weighted by Crippen LogP contribution is -2.21. The van der Waals surface area contributed by atoms with E-state index >= 15 is 0 Å². The van der Waals surface area contributed by atoms with Crippen molar-refractivity contribution in [3.63, 3.8) is 0 Å². The first-order valence-electron chi connectivity index (χ1n) is 10.3. The van der Waals surface area contributed by atoms with Crippen LogP contribution in [0.4, 0.5) is 23.2 Å². The number of nitrogens with one attached hydrogen (secondary N) is 1. The van der Waals surface area contributed by atoms with E-state index in [1.165, 1.54) is 47.7 Å². The minimum Gasteiger partial charge on any atom is -0.322 e. The van der Waals surface area contributed by atoms with Gasteiger partial charge >= 0.3 is 6.18 Å². The SMILES string of the molecule is Cc1cc(-n2nccn2)c(Cl)cc1NC(=O)c1cnn(-c2cncc3c(F)cccc23)c1C(F)(F)F. The fourth-order valence-electron chi connectivity index (χ4n) is 3.77. The van der Waals surface area contributed by atoms with Gasteiger partial charge in [0.2, 0.25) is 0 Å². The summed E-state index contributed by atoms with van der Waals surface area (Å²) in [6, 6.07) is 6.95. The molecular formula is C23H14ClF4N7O. The summed E-state index contributed by atoms with van der Waals surface area (Å²) in [7, 11) is 0. The van der Waals surface area contributed by atoms with Gasteiger partial charge in [-0.15, -0.1) is 0 Å². The van der Waals surface area contributed by atoms with Gasteiger partial charge in [-0.2, -0.15) is 33.3 Å². The lowest BCUT2D eigenvalue weighted by Gasteiger charge is -2.15. The number of benzene rings is 2. The molecule has 3 aromatic heterocycles. The van der Waals surface area contributed by atoms with Crippen LogP contribution in [0.25, 0.3) is 22.1 Å². The summed E-state index contributed by atoms with van der Waals surface area (Å²) in [6.45, 7) is 1.64. The number of rotatable bonds is 4. The van der Waals surface area contributed by atoms with Crippen LogP contribution in [-0.2, 0) is 6.18 Å². The summed E-state index contributed by atoms with van der Waals surface area (Å²) in [5.74, 6) is -1.71. The number of halogens is 5. The lowest BCUT2D eigenvalue weighted by molar-refractivity contribution is -0.143. The highest BCUT2D eigenvalue weighted by Gasteiger charge is 2.41.